The third-order valence-electron chi connectivity index (χ3n) is 3.38. The second kappa shape index (κ2) is 8.37. The van der Waals surface area contributed by atoms with E-state index in [9.17, 15) is 4.79 Å². The van der Waals surface area contributed by atoms with Crippen molar-refractivity contribution < 1.29 is 4.79 Å². The fourth-order valence-corrected chi connectivity index (χ4v) is 2.18. The topological polar surface area (TPSA) is 44.1 Å². The zero-order chi connectivity index (χ0) is 15.0. The quantitative estimate of drug-likeness (QED) is 0.713. The van der Waals surface area contributed by atoms with Gasteiger partial charge in [-0.25, -0.2) is 0 Å². The molecule has 0 unspecified atom stereocenters. The second-order valence-corrected chi connectivity index (χ2v) is 5.37. The number of hydrogen-bond acceptors (Lipinski definition) is 2. The molecule has 0 aliphatic carbocycles. The van der Waals surface area contributed by atoms with Gasteiger partial charge < -0.3 is 4.90 Å². The molecule has 0 heterocycles. The van der Waals surface area contributed by atoms with Gasteiger partial charge >= 0.3 is 0 Å². The molecule has 0 atom stereocenters. The first-order valence-electron chi connectivity index (χ1n) is 7.37. The lowest BCUT2D eigenvalue weighted by molar-refractivity contribution is -0.132. The van der Waals surface area contributed by atoms with Crippen molar-refractivity contribution in [3.63, 3.8) is 0 Å². The molecule has 20 heavy (non-hydrogen) atoms. The molecule has 0 aliphatic heterocycles. The van der Waals surface area contributed by atoms with Crippen LogP contribution in [0, 0.1) is 11.3 Å². The van der Waals surface area contributed by atoms with Crippen molar-refractivity contribution in [3.8, 4) is 6.07 Å². The number of benzene rings is 1. The average molecular weight is 272 g/mol. The number of hydrogen-bond donors (Lipinski definition) is 0. The first-order valence-corrected chi connectivity index (χ1v) is 7.37. The van der Waals surface area contributed by atoms with Gasteiger partial charge in [0, 0.05) is 12.6 Å². The lowest BCUT2D eigenvalue weighted by Crippen LogP contribution is -2.38. The van der Waals surface area contributed by atoms with E-state index in [2.05, 4.69) is 26.8 Å². The minimum absolute atomic E-state index is 0.167. The third kappa shape index (κ3) is 5.05. The summed E-state index contributed by atoms with van der Waals surface area (Å²) in [6.07, 6.45) is 3.80. The molecule has 0 N–H and O–H groups in total. The normalized spacial score (nSPS) is 10.3. The Morgan fingerprint density at radius 1 is 1.25 bits per heavy atom. The molecule has 0 radical (unpaired) electrons. The van der Waals surface area contributed by atoms with E-state index >= 15 is 0 Å². The van der Waals surface area contributed by atoms with Crippen molar-refractivity contribution in [1.29, 1.82) is 5.26 Å². The molecular weight excluding hydrogens is 248 g/mol. The van der Waals surface area contributed by atoms with Crippen molar-refractivity contribution in [1.82, 2.24) is 4.90 Å². The first kappa shape index (κ1) is 16.2. The summed E-state index contributed by atoms with van der Waals surface area (Å²) in [5.74, 6) is 0.167. The summed E-state index contributed by atoms with van der Waals surface area (Å²) >= 11 is 0. The van der Waals surface area contributed by atoms with Gasteiger partial charge in [-0.15, -0.1) is 0 Å². The second-order valence-electron chi connectivity index (χ2n) is 5.37. The van der Waals surface area contributed by atoms with Crippen molar-refractivity contribution in [2.45, 2.75) is 52.5 Å². The third-order valence-corrected chi connectivity index (χ3v) is 3.38. The SMILES string of the molecule is CCCCCN(C(=O)Cc1ccc(C#N)cc1)C(C)C. The highest BCUT2D eigenvalue weighted by Gasteiger charge is 2.16. The largest absolute Gasteiger partial charge is 0.340 e. The van der Waals surface area contributed by atoms with Crippen LogP contribution in [0.2, 0.25) is 0 Å². The number of carbonyl (C=O) groups is 1. The van der Waals surface area contributed by atoms with Gasteiger partial charge in [0.15, 0.2) is 0 Å². The molecule has 3 nitrogen and oxygen atoms in total. The Bertz CT molecular complexity index is 457. The molecule has 1 aromatic carbocycles. The highest BCUT2D eigenvalue weighted by Crippen LogP contribution is 2.09. The van der Waals surface area contributed by atoms with E-state index < -0.39 is 0 Å². The summed E-state index contributed by atoms with van der Waals surface area (Å²) in [4.78, 5) is 14.3. The van der Waals surface area contributed by atoms with Crippen LogP contribution in [0.5, 0.6) is 0 Å². The summed E-state index contributed by atoms with van der Waals surface area (Å²) in [5.41, 5.74) is 1.60. The molecule has 108 valence electrons. The van der Waals surface area contributed by atoms with E-state index in [1.54, 1.807) is 12.1 Å². The Labute approximate surface area is 122 Å². The van der Waals surface area contributed by atoms with Gasteiger partial charge in [0.05, 0.1) is 18.1 Å². The zero-order valence-electron chi connectivity index (χ0n) is 12.7. The maximum atomic E-state index is 12.4. The van der Waals surface area contributed by atoms with Gasteiger partial charge in [-0.1, -0.05) is 31.9 Å². The molecule has 1 amide bonds. The minimum Gasteiger partial charge on any atom is -0.340 e. The van der Waals surface area contributed by atoms with E-state index in [1.807, 2.05) is 17.0 Å². The van der Waals surface area contributed by atoms with Gasteiger partial charge in [-0.3, -0.25) is 4.79 Å². The van der Waals surface area contributed by atoms with Crippen LogP contribution in [0.4, 0.5) is 0 Å². The van der Waals surface area contributed by atoms with E-state index in [0.717, 1.165) is 31.4 Å². The summed E-state index contributed by atoms with van der Waals surface area (Å²) < 4.78 is 0. The summed E-state index contributed by atoms with van der Waals surface area (Å²) in [6, 6.07) is 9.57. The van der Waals surface area contributed by atoms with Crippen molar-refractivity contribution in [2.24, 2.45) is 0 Å². The van der Waals surface area contributed by atoms with Gasteiger partial charge in [0.25, 0.3) is 0 Å². The van der Waals surface area contributed by atoms with Crippen LogP contribution in [0.25, 0.3) is 0 Å². The molecule has 0 aromatic heterocycles. The van der Waals surface area contributed by atoms with Gasteiger partial charge in [-0.05, 0) is 38.0 Å². The summed E-state index contributed by atoms with van der Waals surface area (Å²) in [6.45, 7) is 7.12. The zero-order valence-corrected chi connectivity index (χ0v) is 12.7. The van der Waals surface area contributed by atoms with Crippen LogP contribution in [-0.2, 0) is 11.2 Å². The summed E-state index contributed by atoms with van der Waals surface area (Å²) in [5, 5.41) is 8.77. The highest BCUT2D eigenvalue weighted by molar-refractivity contribution is 5.79. The number of nitrogens with zero attached hydrogens (tertiary/aromatic N) is 2. The molecular formula is C17H24N2O. The van der Waals surface area contributed by atoms with E-state index in [-0.39, 0.29) is 11.9 Å². The number of amides is 1. The maximum absolute atomic E-state index is 12.4. The van der Waals surface area contributed by atoms with Crippen LogP contribution in [0.1, 0.15) is 51.2 Å². The molecule has 0 saturated heterocycles. The fourth-order valence-electron chi connectivity index (χ4n) is 2.18. The molecule has 1 aromatic rings. The highest BCUT2D eigenvalue weighted by atomic mass is 16.2. The molecule has 0 bridgehead atoms. The van der Waals surface area contributed by atoms with Gasteiger partial charge in [0.2, 0.25) is 5.91 Å². The monoisotopic (exact) mass is 272 g/mol. The van der Waals surface area contributed by atoms with Crippen LogP contribution in [0.15, 0.2) is 24.3 Å². The maximum Gasteiger partial charge on any atom is 0.227 e. The Balaban J connectivity index is 2.62. The smallest absolute Gasteiger partial charge is 0.227 e. The van der Waals surface area contributed by atoms with Crippen molar-refractivity contribution in [3.05, 3.63) is 35.4 Å². The van der Waals surface area contributed by atoms with Crippen LogP contribution >= 0.6 is 0 Å². The standard InChI is InChI=1S/C17H24N2O/c1-4-5-6-11-19(14(2)3)17(20)12-15-7-9-16(13-18)10-8-15/h7-10,14H,4-6,11-12H2,1-3H3. The lowest BCUT2D eigenvalue weighted by atomic mass is 10.1. The predicted molar refractivity (Wildman–Crippen MR) is 81.2 cm³/mol. The number of rotatable bonds is 7. The Morgan fingerprint density at radius 2 is 1.90 bits per heavy atom. The Hall–Kier alpha value is -1.82. The molecule has 1 rings (SSSR count). The fraction of sp³-hybridized carbons (Fsp3) is 0.529. The Morgan fingerprint density at radius 3 is 2.40 bits per heavy atom. The summed E-state index contributed by atoms with van der Waals surface area (Å²) in [7, 11) is 0. The lowest BCUT2D eigenvalue weighted by Gasteiger charge is -2.27. The number of nitriles is 1. The van der Waals surface area contributed by atoms with E-state index in [4.69, 9.17) is 5.26 Å². The average Bonchev–Trinajstić information content (AvgIpc) is 2.44. The molecule has 0 fully saturated rings. The van der Waals surface area contributed by atoms with Crippen molar-refractivity contribution >= 4 is 5.91 Å². The molecule has 0 aliphatic rings. The number of carbonyl (C=O) groups excluding carboxylic acids is 1. The predicted octanol–water partition coefficient (Wildman–Crippen LogP) is 3.53. The van der Waals surface area contributed by atoms with Gasteiger partial charge in [-0.2, -0.15) is 5.26 Å². The van der Waals surface area contributed by atoms with Crippen LogP contribution in [0.3, 0.4) is 0 Å². The number of unbranched alkanes of at least 4 members (excludes halogenated alkanes) is 2. The Kier molecular flexibility index (Phi) is 6.79. The minimum atomic E-state index is 0.167. The molecule has 3 heteroatoms. The molecule has 0 saturated carbocycles. The molecule has 0 spiro atoms. The van der Waals surface area contributed by atoms with Crippen LogP contribution < -0.4 is 0 Å². The van der Waals surface area contributed by atoms with Gasteiger partial charge in [0.1, 0.15) is 0 Å². The van der Waals surface area contributed by atoms with E-state index in [1.165, 1.54) is 0 Å². The first-order chi connectivity index (χ1) is 9.58. The van der Waals surface area contributed by atoms with Crippen LogP contribution in [-0.4, -0.2) is 23.4 Å². The van der Waals surface area contributed by atoms with E-state index in [0.29, 0.717) is 12.0 Å². The van der Waals surface area contributed by atoms with Crippen molar-refractivity contribution in [2.75, 3.05) is 6.54 Å².